The number of carbonyl (C=O) groups excluding carboxylic acids is 1. The number of halogens is 1. The van der Waals surface area contributed by atoms with E-state index in [0.717, 1.165) is 18.4 Å². The second-order valence-corrected chi connectivity index (χ2v) is 7.57. The van der Waals surface area contributed by atoms with Gasteiger partial charge in [-0.15, -0.1) is 0 Å². The Hall–Kier alpha value is -2.04. The van der Waals surface area contributed by atoms with Crippen LogP contribution < -0.4 is 0 Å². The Kier molecular flexibility index (Phi) is 4.88. The Morgan fingerprint density at radius 3 is 2.50 bits per heavy atom. The molecule has 0 spiro atoms. The number of ether oxygens (including phenoxy) is 1. The fourth-order valence-corrected chi connectivity index (χ4v) is 4.20. The van der Waals surface area contributed by atoms with Crippen LogP contribution in [0.2, 0.25) is 5.02 Å². The predicted molar refractivity (Wildman–Crippen MR) is 102 cm³/mol. The number of furan rings is 1. The molecule has 0 radical (unpaired) electrons. The Labute approximate surface area is 158 Å². The molecule has 2 aromatic rings. The third kappa shape index (κ3) is 3.57. The third-order valence-electron chi connectivity index (χ3n) is 5.53. The highest BCUT2D eigenvalue weighted by Crippen LogP contribution is 2.36. The molecule has 5 heteroatoms. The van der Waals surface area contributed by atoms with Gasteiger partial charge in [-0.2, -0.15) is 0 Å². The molecule has 0 aliphatic carbocycles. The molecule has 2 saturated heterocycles. The van der Waals surface area contributed by atoms with Crippen LogP contribution in [0.3, 0.4) is 0 Å². The molecule has 26 heavy (non-hydrogen) atoms. The van der Waals surface area contributed by atoms with E-state index in [9.17, 15) is 4.79 Å². The normalized spacial score (nSPS) is 26.1. The summed E-state index contributed by atoms with van der Waals surface area (Å²) in [5.41, 5.74) is 1.26. The number of esters is 1. The quantitative estimate of drug-likeness (QED) is 0.580. The first-order valence-corrected chi connectivity index (χ1v) is 9.42. The first kappa shape index (κ1) is 17.4. The number of hydrogen-bond donors (Lipinski definition) is 0. The molecule has 4 rings (SSSR count). The van der Waals surface area contributed by atoms with E-state index in [0.29, 0.717) is 28.4 Å². The Balaban J connectivity index is 1.56. The number of nitrogens with zero attached hydrogens (tertiary/aromatic N) is 1. The van der Waals surface area contributed by atoms with Crippen molar-refractivity contribution in [3.8, 4) is 0 Å². The molecule has 3 atom stereocenters. The molecule has 0 N–H and O–H groups in total. The number of benzene rings is 1. The summed E-state index contributed by atoms with van der Waals surface area (Å²) in [5, 5.41) is 0.631. The fourth-order valence-electron chi connectivity index (χ4n) is 4.08. The summed E-state index contributed by atoms with van der Waals surface area (Å²) >= 11 is 5.99. The van der Waals surface area contributed by atoms with Crippen LogP contribution in [0.15, 0.2) is 47.1 Å². The minimum atomic E-state index is -0.308. The van der Waals surface area contributed by atoms with Gasteiger partial charge in [0.25, 0.3) is 0 Å². The van der Waals surface area contributed by atoms with E-state index in [1.54, 1.807) is 30.5 Å². The zero-order valence-corrected chi connectivity index (χ0v) is 15.5. The van der Waals surface area contributed by atoms with Crippen molar-refractivity contribution >= 4 is 29.2 Å². The zero-order valence-electron chi connectivity index (χ0n) is 14.7. The van der Waals surface area contributed by atoms with Crippen LogP contribution in [0, 0.1) is 0 Å². The molecule has 1 unspecified atom stereocenters. The molecular weight excluding hydrogens is 350 g/mol. The van der Waals surface area contributed by atoms with Gasteiger partial charge in [0, 0.05) is 29.9 Å². The molecule has 0 saturated carbocycles. The first-order chi connectivity index (χ1) is 12.6. The number of piperidine rings is 1. The molecule has 2 bridgehead atoms. The van der Waals surface area contributed by atoms with Gasteiger partial charge in [0.2, 0.25) is 0 Å². The van der Waals surface area contributed by atoms with Crippen LogP contribution >= 0.6 is 11.6 Å². The second-order valence-electron chi connectivity index (χ2n) is 7.13. The van der Waals surface area contributed by atoms with Crippen LogP contribution in [0.25, 0.3) is 11.6 Å². The highest BCUT2D eigenvalue weighted by atomic mass is 35.5. The lowest BCUT2D eigenvalue weighted by Crippen LogP contribution is -2.43. The number of hydrogen-bond acceptors (Lipinski definition) is 4. The SMILES string of the molecule is CN1[C@@H]2CC[C@H]1CC(OC(=O)/C(=C\c1ccco1)c1ccc(Cl)cc1)C2. The highest BCUT2D eigenvalue weighted by molar-refractivity contribution is 6.30. The van der Waals surface area contributed by atoms with Gasteiger partial charge in [-0.05, 0) is 55.8 Å². The van der Waals surface area contributed by atoms with Crippen LogP contribution in [0.4, 0.5) is 0 Å². The van der Waals surface area contributed by atoms with Crippen LogP contribution in [0.1, 0.15) is 37.0 Å². The van der Waals surface area contributed by atoms with Gasteiger partial charge in [0.05, 0.1) is 11.8 Å². The van der Waals surface area contributed by atoms with Crippen molar-refractivity contribution in [1.29, 1.82) is 0 Å². The monoisotopic (exact) mass is 371 g/mol. The summed E-state index contributed by atoms with van der Waals surface area (Å²) in [7, 11) is 2.18. The van der Waals surface area contributed by atoms with Gasteiger partial charge in [0.15, 0.2) is 0 Å². The minimum Gasteiger partial charge on any atom is -0.465 e. The maximum absolute atomic E-state index is 13.0. The van der Waals surface area contributed by atoms with E-state index in [4.69, 9.17) is 20.8 Å². The van der Waals surface area contributed by atoms with Gasteiger partial charge >= 0.3 is 5.97 Å². The highest BCUT2D eigenvalue weighted by Gasteiger charge is 2.40. The van der Waals surface area contributed by atoms with E-state index < -0.39 is 0 Å². The first-order valence-electron chi connectivity index (χ1n) is 9.04. The Bertz CT molecular complexity index is 783. The van der Waals surface area contributed by atoms with E-state index in [2.05, 4.69) is 11.9 Å². The lowest BCUT2D eigenvalue weighted by molar-refractivity contribution is -0.145. The number of carbonyl (C=O) groups is 1. The molecule has 2 fully saturated rings. The summed E-state index contributed by atoms with van der Waals surface area (Å²) in [6.07, 6.45) is 7.51. The van der Waals surface area contributed by atoms with Gasteiger partial charge in [-0.25, -0.2) is 4.79 Å². The average molecular weight is 372 g/mol. The summed E-state index contributed by atoms with van der Waals surface area (Å²) in [5.74, 6) is 0.313. The molecular formula is C21H22ClNO3. The van der Waals surface area contributed by atoms with Gasteiger partial charge in [-0.3, -0.25) is 0 Å². The molecule has 1 aromatic carbocycles. The van der Waals surface area contributed by atoms with E-state index >= 15 is 0 Å². The van der Waals surface area contributed by atoms with E-state index in [1.165, 1.54) is 12.8 Å². The topological polar surface area (TPSA) is 42.7 Å². The van der Waals surface area contributed by atoms with Gasteiger partial charge < -0.3 is 14.1 Å². The lowest BCUT2D eigenvalue weighted by atomic mass is 10.00. The van der Waals surface area contributed by atoms with Crippen LogP contribution in [0.5, 0.6) is 0 Å². The van der Waals surface area contributed by atoms with Crippen molar-refractivity contribution in [2.75, 3.05) is 7.05 Å². The fraction of sp³-hybridized carbons (Fsp3) is 0.381. The van der Waals surface area contributed by atoms with E-state index in [-0.39, 0.29) is 12.1 Å². The maximum Gasteiger partial charge on any atom is 0.339 e. The average Bonchev–Trinajstić information content (AvgIpc) is 3.19. The Morgan fingerprint density at radius 2 is 1.88 bits per heavy atom. The van der Waals surface area contributed by atoms with Crippen molar-refractivity contribution < 1.29 is 13.9 Å². The summed E-state index contributed by atoms with van der Waals surface area (Å²) in [4.78, 5) is 15.4. The minimum absolute atomic E-state index is 0.0245. The summed E-state index contributed by atoms with van der Waals surface area (Å²) in [6, 6.07) is 11.9. The third-order valence-corrected chi connectivity index (χ3v) is 5.79. The van der Waals surface area contributed by atoms with Crippen molar-refractivity contribution in [1.82, 2.24) is 4.90 Å². The maximum atomic E-state index is 13.0. The second kappa shape index (κ2) is 7.29. The molecule has 4 nitrogen and oxygen atoms in total. The summed E-state index contributed by atoms with van der Waals surface area (Å²) < 4.78 is 11.3. The predicted octanol–water partition coefficient (Wildman–Crippen LogP) is 4.64. The number of rotatable bonds is 4. The van der Waals surface area contributed by atoms with Crippen molar-refractivity contribution in [2.45, 2.75) is 43.9 Å². The van der Waals surface area contributed by atoms with Crippen molar-refractivity contribution in [3.63, 3.8) is 0 Å². The van der Waals surface area contributed by atoms with Crippen molar-refractivity contribution in [3.05, 3.63) is 59.0 Å². The number of fused-ring (bicyclic) bond motifs is 2. The van der Waals surface area contributed by atoms with Crippen LogP contribution in [-0.4, -0.2) is 36.1 Å². The lowest BCUT2D eigenvalue weighted by Gasteiger charge is -2.35. The molecule has 2 aliphatic rings. The van der Waals surface area contributed by atoms with Gasteiger partial charge in [0.1, 0.15) is 11.9 Å². The van der Waals surface area contributed by atoms with Crippen LogP contribution in [-0.2, 0) is 9.53 Å². The van der Waals surface area contributed by atoms with Gasteiger partial charge in [-0.1, -0.05) is 23.7 Å². The van der Waals surface area contributed by atoms with E-state index in [1.807, 2.05) is 18.2 Å². The van der Waals surface area contributed by atoms with Crippen molar-refractivity contribution in [2.24, 2.45) is 0 Å². The standard InChI is InChI=1S/C21H22ClNO3/c1-23-16-8-9-17(23)12-19(11-16)26-21(24)20(13-18-3-2-10-25-18)14-4-6-15(22)7-5-14/h2-7,10,13,16-17,19H,8-9,11-12H2,1H3/b20-13-/t16-,17+,19?. The molecule has 2 aliphatic heterocycles. The molecule has 3 heterocycles. The summed E-state index contributed by atoms with van der Waals surface area (Å²) in [6.45, 7) is 0. The Morgan fingerprint density at radius 1 is 1.19 bits per heavy atom. The zero-order chi connectivity index (χ0) is 18.1. The largest absolute Gasteiger partial charge is 0.465 e. The molecule has 136 valence electrons. The molecule has 0 amide bonds. The smallest absolute Gasteiger partial charge is 0.339 e. The molecule has 1 aromatic heterocycles.